The molecule has 0 saturated carbocycles. The molecule has 6 heteroatoms. The van der Waals surface area contributed by atoms with Crippen LogP contribution in [0.4, 0.5) is 17.1 Å². The molecule has 19 heavy (non-hydrogen) atoms. The summed E-state index contributed by atoms with van der Waals surface area (Å²) >= 11 is 0. The number of piperidine rings is 1. The van der Waals surface area contributed by atoms with Gasteiger partial charge in [0.2, 0.25) is 0 Å². The summed E-state index contributed by atoms with van der Waals surface area (Å²) < 4.78 is 0. The third-order valence-electron chi connectivity index (χ3n) is 3.84. The molecule has 2 N–H and O–H groups in total. The third kappa shape index (κ3) is 2.96. The SMILES string of the molecule is CN1CCC(N(C)c2ccc([N+](=O)[O-])cc2N)CC1. The van der Waals surface area contributed by atoms with Gasteiger partial charge in [0.1, 0.15) is 0 Å². The second-order valence-electron chi connectivity index (χ2n) is 5.15. The van der Waals surface area contributed by atoms with Crippen molar-refractivity contribution in [2.75, 3.05) is 37.8 Å². The van der Waals surface area contributed by atoms with E-state index in [1.807, 2.05) is 7.05 Å². The molecule has 0 unspecified atom stereocenters. The van der Waals surface area contributed by atoms with Crippen molar-refractivity contribution in [2.24, 2.45) is 0 Å². The summed E-state index contributed by atoms with van der Waals surface area (Å²) in [4.78, 5) is 14.7. The Hall–Kier alpha value is -1.82. The van der Waals surface area contributed by atoms with Crippen LogP contribution >= 0.6 is 0 Å². The standard InChI is InChI=1S/C13H20N4O2/c1-15-7-5-10(6-8-15)16(2)13-4-3-11(17(18)19)9-12(13)14/h3-4,9-10H,5-8,14H2,1-2H3. The number of anilines is 2. The van der Waals surface area contributed by atoms with Crippen molar-refractivity contribution in [3.63, 3.8) is 0 Å². The molecule has 0 radical (unpaired) electrons. The number of nitrogens with two attached hydrogens (primary N) is 1. The highest BCUT2D eigenvalue weighted by atomic mass is 16.6. The first kappa shape index (κ1) is 13.6. The van der Waals surface area contributed by atoms with Crippen LogP contribution in [0, 0.1) is 10.1 Å². The van der Waals surface area contributed by atoms with Gasteiger partial charge < -0.3 is 15.5 Å². The molecule has 0 bridgehead atoms. The second kappa shape index (κ2) is 5.44. The molecule has 1 aromatic rings. The van der Waals surface area contributed by atoms with Crippen molar-refractivity contribution in [1.29, 1.82) is 0 Å². The molecular weight excluding hydrogens is 244 g/mol. The van der Waals surface area contributed by atoms with Crippen LogP contribution < -0.4 is 10.6 Å². The molecule has 0 aromatic heterocycles. The van der Waals surface area contributed by atoms with Crippen LogP contribution in [-0.4, -0.2) is 43.0 Å². The number of rotatable bonds is 3. The van der Waals surface area contributed by atoms with E-state index in [0.29, 0.717) is 11.7 Å². The van der Waals surface area contributed by atoms with E-state index >= 15 is 0 Å². The maximum atomic E-state index is 10.7. The smallest absolute Gasteiger partial charge is 0.271 e. The topological polar surface area (TPSA) is 75.6 Å². The fourth-order valence-corrected chi connectivity index (χ4v) is 2.56. The quantitative estimate of drug-likeness (QED) is 0.511. The molecule has 1 heterocycles. The van der Waals surface area contributed by atoms with Crippen molar-refractivity contribution in [3.05, 3.63) is 28.3 Å². The van der Waals surface area contributed by atoms with Gasteiger partial charge in [0.05, 0.1) is 16.3 Å². The Labute approximate surface area is 112 Å². The predicted molar refractivity (Wildman–Crippen MR) is 76.4 cm³/mol. The molecule has 1 aromatic carbocycles. The van der Waals surface area contributed by atoms with Crippen LogP contribution in [0.2, 0.25) is 0 Å². The summed E-state index contributed by atoms with van der Waals surface area (Å²) in [6.45, 7) is 2.14. The Morgan fingerprint density at radius 1 is 1.42 bits per heavy atom. The molecule has 1 aliphatic heterocycles. The van der Waals surface area contributed by atoms with Crippen molar-refractivity contribution in [1.82, 2.24) is 4.90 Å². The Morgan fingerprint density at radius 3 is 2.58 bits per heavy atom. The van der Waals surface area contributed by atoms with Gasteiger partial charge in [0.25, 0.3) is 5.69 Å². The van der Waals surface area contributed by atoms with Gasteiger partial charge in [-0.2, -0.15) is 0 Å². The molecule has 2 rings (SSSR count). The van der Waals surface area contributed by atoms with Gasteiger partial charge in [-0.15, -0.1) is 0 Å². The highest BCUT2D eigenvalue weighted by Gasteiger charge is 2.22. The largest absolute Gasteiger partial charge is 0.397 e. The summed E-state index contributed by atoms with van der Waals surface area (Å²) in [7, 11) is 4.13. The van der Waals surface area contributed by atoms with Gasteiger partial charge in [-0.1, -0.05) is 0 Å². The first-order chi connectivity index (χ1) is 8.99. The maximum Gasteiger partial charge on any atom is 0.271 e. The lowest BCUT2D eigenvalue weighted by Crippen LogP contribution is -2.42. The number of nitrogens with zero attached hydrogens (tertiary/aromatic N) is 3. The summed E-state index contributed by atoms with van der Waals surface area (Å²) in [5.41, 5.74) is 7.32. The number of nitro benzene ring substituents is 1. The number of hydrogen-bond acceptors (Lipinski definition) is 5. The fourth-order valence-electron chi connectivity index (χ4n) is 2.56. The van der Waals surface area contributed by atoms with Crippen LogP contribution in [0.25, 0.3) is 0 Å². The van der Waals surface area contributed by atoms with Gasteiger partial charge in [-0.3, -0.25) is 10.1 Å². The van der Waals surface area contributed by atoms with Crippen LogP contribution in [-0.2, 0) is 0 Å². The van der Waals surface area contributed by atoms with Crippen molar-refractivity contribution in [2.45, 2.75) is 18.9 Å². The lowest BCUT2D eigenvalue weighted by Gasteiger charge is -2.36. The molecular formula is C13H20N4O2. The van der Waals surface area contributed by atoms with Crippen LogP contribution in [0.3, 0.4) is 0 Å². The van der Waals surface area contributed by atoms with Gasteiger partial charge in [-0.25, -0.2) is 0 Å². The molecule has 0 amide bonds. The highest BCUT2D eigenvalue weighted by molar-refractivity contribution is 5.70. The highest BCUT2D eigenvalue weighted by Crippen LogP contribution is 2.30. The fraction of sp³-hybridized carbons (Fsp3) is 0.538. The Bertz CT molecular complexity index is 470. The summed E-state index contributed by atoms with van der Waals surface area (Å²) in [5, 5.41) is 10.7. The minimum atomic E-state index is -0.421. The first-order valence-corrected chi connectivity index (χ1v) is 6.44. The normalized spacial score (nSPS) is 17.4. The molecule has 0 spiro atoms. The maximum absolute atomic E-state index is 10.7. The van der Waals surface area contributed by atoms with Gasteiger partial charge in [0.15, 0.2) is 0 Å². The number of hydrogen-bond donors (Lipinski definition) is 1. The Morgan fingerprint density at radius 2 is 2.05 bits per heavy atom. The number of benzene rings is 1. The van der Waals surface area contributed by atoms with Gasteiger partial charge in [-0.05, 0) is 39.0 Å². The number of nitro groups is 1. The third-order valence-corrected chi connectivity index (χ3v) is 3.84. The van der Waals surface area contributed by atoms with E-state index in [2.05, 4.69) is 16.8 Å². The molecule has 1 aliphatic rings. The van der Waals surface area contributed by atoms with E-state index in [0.717, 1.165) is 31.6 Å². The van der Waals surface area contributed by atoms with Crippen LogP contribution in [0.15, 0.2) is 18.2 Å². The number of nitrogen functional groups attached to an aromatic ring is 1. The van der Waals surface area contributed by atoms with E-state index in [9.17, 15) is 10.1 Å². The lowest BCUT2D eigenvalue weighted by molar-refractivity contribution is -0.384. The zero-order valence-electron chi connectivity index (χ0n) is 11.4. The molecule has 1 fully saturated rings. The van der Waals surface area contributed by atoms with Crippen molar-refractivity contribution >= 4 is 17.1 Å². The average Bonchev–Trinajstić information content (AvgIpc) is 2.38. The Kier molecular flexibility index (Phi) is 3.90. The minimum Gasteiger partial charge on any atom is -0.397 e. The number of likely N-dealkylation sites (tertiary alicyclic amines) is 1. The molecule has 104 valence electrons. The van der Waals surface area contributed by atoms with E-state index in [1.54, 1.807) is 6.07 Å². The summed E-state index contributed by atoms with van der Waals surface area (Å²) in [5.74, 6) is 0. The Balaban J connectivity index is 2.15. The first-order valence-electron chi connectivity index (χ1n) is 6.44. The predicted octanol–water partition coefficient (Wildman–Crippen LogP) is 1.71. The summed E-state index contributed by atoms with van der Waals surface area (Å²) in [6, 6.07) is 5.13. The average molecular weight is 264 g/mol. The van der Waals surface area contributed by atoms with E-state index in [1.165, 1.54) is 12.1 Å². The molecule has 0 aliphatic carbocycles. The molecule has 1 saturated heterocycles. The second-order valence-corrected chi connectivity index (χ2v) is 5.15. The van der Waals surface area contributed by atoms with Gasteiger partial charge >= 0.3 is 0 Å². The van der Waals surface area contributed by atoms with E-state index < -0.39 is 4.92 Å². The van der Waals surface area contributed by atoms with E-state index in [4.69, 9.17) is 5.73 Å². The zero-order valence-corrected chi connectivity index (χ0v) is 11.4. The lowest BCUT2D eigenvalue weighted by atomic mass is 10.0. The number of non-ortho nitro benzene ring substituents is 1. The van der Waals surface area contributed by atoms with E-state index in [-0.39, 0.29) is 5.69 Å². The molecule has 0 atom stereocenters. The summed E-state index contributed by atoms with van der Waals surface area (Å²) in [6.07, 6.45) is 2.17. The monoisotopic (exact) mass is 264 g/mol. The minimum absolute atomic E-state index is 0.0398. The zero-order chi connectivity index (χ0) is 14.0. The van der Waals surface area contributed by atoms with Crippen molar-refractivity contribution in [3.8, 4) is 0 Å². The van der Waals surface area contributed by atoms with Gasteiger partial charge in [0, 0.05) is 25.2 Å². The molecule has 6 nitrogen and oxygen atoms in total. The van der Waals surface area contributed by atoms with Crippen molar-refractivity contribution < 1.29 is 4.92 Å². The van der Waals surface area contributed by atoms with Crippen LogP contribution in [0.5, 0.6) is 0 Å². The van der Waals surface area contributed by atoms with Crippen LogP contribution in [0.1, 0.15) is 12.8 Å².